The zero-order chi connectivity index (χ0) is 33.2. The van der Waals surface area contributed by atoms with Crippen LogP contribution < -0.4 is 19.1 Å². The Hall–Kier alpha value is -5.37. The van der Waals surface area contributed by atoms with Crippen LogP contribution in [0.5, 0.6) is 17.2 Å². The topological polar surface area (TPSA) is 125 Å². The van der Waals surface area contributed by atoms with Crippen molar-refractivity contribution in [2.45, 2.75) is 33.0 Å². The summed E-state index contributed by atoms with van der Waals surface area (Å²) in [6.07, 6.45) is 5.39. The molecular formula is C37H36N4O5S. The molecule has 0 spiro atoms. The number of ether oxygens (including phenoxy) is 2. The summed E-state index contributed by atoms with van der Waals surface area (Å²) in [7, 11) is -3.46. The van der Waals surface area contributed by atoms with Gasteiger partial charge in [-0.05, 0) is 89.3 Å². The molecule has 47 heavy (non-hydrogen) atoms. The van der Waals surface area contributed by atoms with Gasteiger partial charge >= 0.3 is 0 Å². The largest absolute Gasteiger partial charge is 0.493 e. The number of pyridine rings is 1. The molecule has 0 bridgehead atoms. The minimum atomic E-state index is -3.46. The second kappa shape index (κ2) is 15.3. The van der Waals surface area contributed by atoms with Crippen molar-refractivity contribution in [2.75, 3.05) is 22.5 Å². The molecule has 0 radical (unpaired) electrons. The fourth-order valence-electron chi connectivity index (χ4n) is 5.12. The molecule has 4 aromatic carbocycles. The van der Waals surface area contributed by atoms with Crippen LogP contribution in [0.1, 0.15) is 33.4 Å². The number of nitrogens with zero attached hydrogens (tertiary/aromatic N) is 3. The Kier molecular flexibility index (Phi) is 10.7. The van der Waals surface area contributed by atoms with Gasteiger partial charge in [-0.2, -0.15) is 5.26 Å². The van der Waals surface area contributed by atoms with Gasteiger partial charge in [0.25, 0.3) is 0 Å². The fourth-order valence-corrected chi connectivity index (χ4v) is 5.74. The Morgan fingerprint density at radius 1 is 0.851 bits per heavy atom. The standard InChI is InChI=1S/C37H36N4O5S/c1-27-36(40-47(2,43)44)6-3-7-37(27)41(24-30-10-8-28(22-38)9-11-30)25-31-12-14-33(15-13-31)46-35-20-32(26-42)19-34(21-35)45-18-16-29-5-4-17-39-23-29/h3-15,17,19-21,23,40,42H,16,18,24-26H2,1-2H3. The monoisotopic (exact) mass is 648 g/mol. The van der Waals surface area contributed by atoms with Gasteiger partial charge in [-0.25, -0.2) is 8.42 Å². The number of hydrogen-bond acceptors (Lipinski definition) is 8. The Bertz CT molecular complexity index is 1940. The predicted octanol–water partition coefficient (Wildman–Crippen LogP) is 6.75. The maximum atomic E-state index is 12.0. The quantitative estimate of drug-likeness (QED) is 0.136. The van der Waals surface area contributed by atoms with Crippen LogP contribution in [0.15, 0.2) is 109 Å². The number of aliphatic hydroxyl groups is 1. The molecule has 1 aromatic heterocycles. The number of rotatable bonds is 14. The fraction of sp³-hybridized carbons (Fsp3) is 0.189. The Morgan fingerprint density at radius 3 is 2.19 bits per heavy atom. The number of anilines is 2. The van der Waals surface area contributed by atoms with Gasteiger partial charge in [-0.3, -0.25) is 9.71 Å². The van der Waals surface area contributed by atoms with E-state index in [1.165, 1.54) is 0 Å². The minimum Gasteiger partial charge on any atom is -0.493 e. The zero-order valence-electron chi connectivity index (χ0n) is 26.3. The lowest BCUT2D eigenvalue weighted by Crippen LogP contribution is -2.23. The second-order valence-electron chi connectivity index (χ2n) is 11.2. The molecule has 1 heterocycles. The predicted molar refractivity (Wildman–Crippen MR) is 183 cm³/mol. The van der Waals surface area contributed by atoms with Crippen LogP contribution in [0.25, 0.3) is 0 Å². The van der Waals surface area contributed by atoms with E-state index in [0.29, 0.717) is 60.2 Å². The summed E-state index contributed by atoms with van der Waals surface area (Å²) < 4.78 is 38.8. The summed E-state index contributed by atoms with van der Waals surface area (Å²) in [5.74, 6) is 1.78. The third kappa shape index (κ3) is 9.56. The van der Waals surface area contributed by atoms with Crippen LogP contribution >= 0.6 is 0 Å². The van der Waals surface area contributed by atoms with Gasteiger partial charge in [-0.1, -0.05) is 36.4 Å². The smallest absolute Gasteiger partial charge is 0.229 e. The van der Waals surface area contributed by atoms with Crippen molar-refractivity contribution in [3.8, 4) is 23.3 Å². The van der Waals surface area contributed by atoms with Crippen LogP contribution in [0.4, 0.5) is 11.4 Å². The molecule has 2 N–H and O–H groups in total. The minimum absolute atomic E-state index is 0.148. The van der Waals surface area contributed by atoms with Crippen molar-refractivity contribution < 1.29 is 23.0 Å². The van der Waals surface area contributed by atoms with E-state index in [1.807, 2.05) is 73.8 Å². The summed E-state index contributed by atoms with van der Waals surface area (Å²) in [5.41, 5.74) is 6.54. The van der Waals surface area contributed by atoms with Crippen molar-refractivity contribution in [3.63, 3.8) is 0 Å². The van der Waals surface area contributed by atoms with Gasteiger partial charge in [0.05, 0.1) is 36.8 Å². The first-order valence-electron chi connectivity index (χ1n) is 15.0. The number of benzene rings is 4. The highest BCUT2D eigenvalue weighted by molar-refractivity contribution is 7.92. The lowest BCUT2D eigenvalue weighted by atomic mass is 10.1. The average Bonchev–Trinajstić information content (AvgIpc) is 3.06. The summed E-state index contributed by atoms with van der Waals surface area (Å²) in [6, 6.07) is 32.1. The van der Waals surface area contributed by atoms with E-state index in [1.54, 1.807) is 42.6 Å². The van der Waals surface area contributed by atoms with Gasteiger partial charge < -0.3 is 19.5 Å². The number of nitrogens with one attached hydrogen (secondary N) is 1. The van der Waals surface area contributed by atoms with Gasteiger partial charge in [-0.15, -0.1) is 0 Å². The van der Waals surface area contributed by atoms with Crippen molar-refractivity contribution in [1.82, 2.24) is 4.98 Å². The Labute approximate surface area is 275 Å². The molecule has 240 valence electrons. The van der Waals surface area contributed by atoms with E-state index >= 15 is 0 Å². The highest BCUT2D eigenvalue weighted by Gasteiger charge is 2.16. The Morgan fingerprint density at radius 2 is 1.55 bits per heavy atom. The van der Waals surface area contributed by atoms with Crippen molar-refractivity contribution >= 4 is 21.4 Å². The number of nitriles is 1. The molecule has 0 aliphatic heterocycles. The summed E-state index contributed by atoms with van der Waals surface area (Å²) in [4.78, 5) is 6.30. The maximum absolute atomic E-state index is 12.0. The lowest BCUT2D eigenvalue weighted by Gasteiger charge is -2.28. The molecular weight excluding hydrogens is 612 g/mol. The van der Waals surface area contributed by atoms with Crippen LogP contribution in [-0.4, -0.2) is 31.4 Å². The third-order valence-corrected chi connectivity index (χ3v) is 8.03. The van der Waals surface area contributed by atoms with Gasteiger partial charge in [0.1, 0.15) is 17.2 Å². The first kappa shape index (κ1) is 33.0. The molecule has 0 fully saturated rings. The Balaban J connectivity index is 1.33. The number of aromatic nitrogens is 1. The van der Waals surface area contributed by atoms with Crippen molar-refractivity contribution in [1.29, 1.82) is 5.26 Å². The first-order chi connectivity index (χ1) is 22.7. The molecule has 10 heteroatoms. The highest BCUT2D eigenvalue weighted by Crippen LogP contribution is 2.32. The average molecular weight is 649 g/mol. The normalized spacial score (nSPS) is 11.0. The van der Waals surface area contributed by atoms with Crippen molar-refractivity contribution in [3.05, 3.63) is 143 Å². The molecule has 0 aliphatic carbocycles. The van der Waals surface area contributed by atoms with E-state index in [2.05, 4.69) is 20.7 Å². The maximum Gasteiger partial charge on any atom is 0.229 e. The SMILES string of the molecule is Cc1c(NS(C)(=O)=O)cccc1N(Cc1ccc(C#N)cc1)Cc1ccc(Oc2cc(CO)cc(OCCc3cccnc3)c2)cc1. The van der Waals surface area contributed by atoms with Crippen molar-refractivity contribution in [2.24, 2.45) is 0 Å². The molecule has 5 aromatic rings. The zero-order valence-corrected chi connectivity index (χ0v) is 27.1. The van der Waals surface area contributed by atoms with E-state index in [4.69, 9.17) is 9.47 Å². The number of sulfonamides is 1. The summed E-state index contributed by atoms with van der Waals surface area (Å²) in [5, 5.41) is 19.0. The summed E-state index contributed by atoms with van der Waals surface area (Å²) >= 11 is 0. The number of aliphatic hydroxyl groups excluding tert-OH is 1. The lowest BCUT2D eigenvalue weighted by molar-refractivity contribution is 0.278. The van der Waals surface area contributed by atoms with E-state index in [9.17, 15) is 18.8 Å². The van der Waals surface area contributed by atoms with Gasteiger partial charge in [0.15, 0.2) is 0 Å². The third-order valence-electron chi connectivity index (χ3n) is 7.43. The van der Waals surface area contributed by atoms with E-state index in [-0.39, 0.29) is 6.61 Å². The highest BCUT2D eigenvalue weighted by atomic mass is 32.2. The molecule has 0 atom stereocenters. The van der Waals surface area contributed by atoms with Crippen LogP contribution in [0.2, 0.25) is 0 Å². The molecule has 0 aliphatic rings. The summed E-state index contributed by atoms with van der Waals surface area (Å²) in [6.45, 7) is 3.26. The van der Waals surface area contributed by atoms with Crippen LogP contribution in [0, 0.1) is 18.3 Å². The van der Waals surface area contributed by atoms with E-state index in [0.717, 1.165) is 34.2 Å². The van der Waals surface area contributed by atoms with Gasteiger partial charge in [0.2, 0.25) is 10.0 Å². The molecule has 5 rings (SSSR count). The van der Waals surface area contributed by atoms with E-state index < -0.39 is 10.0 Å². The molecule has 9 nitrogen and oxygen atoms in total. The molecule has 0 unspecified atom stereocenters. The van der Waals surface area contributed by atoms with Crippen LogP contribution in [0.3, 0.4) is 0 Å². The molecule has 0 saturated carbocycles. The number of hydrogen-bond donors (Lipinski definition) is 2. The first-order valence-corrected chi connectivity index (χ1v) is 16.9. The molecule has 0 saturated heterocycles. The molecule has 0 amide bonds. The van der Waals surface area contributed by atoms with Crippen LogP contribution in [-0.2, 0) is 36.1 Å². The second-order valence-corrected chi connectivity index (χ2v) is 12.9. The van der Waals surface area contributed by atoms with Gasteiger partial charge in [0, 0.05) is 43.7 Å².